The maximum atomic E-state index is 13.7. The number of thioether (sulfide) groups is 1. The predicted molar refractivity (Wildman–Crippen MR) is 168 cm³/mol. The lowest BCUT2D eigenvalue weighted by Gasteiger charge is -2.14. The molecule has 9 nitrogen and oxygen atoms in total. The Hall–Kier alpha value is -4.22. The molecular formula is C31H31N5O4S2. The van der Waals surface area contributed by atoms with Gasteiger partial charge in [0, 0.05) is 44.5 Å². The summed E-state index contributed by atoms with van der Waals surface area (Å²) in [4.78, 5) is 38.4. The number of nitro groups is 1. The Bertz CT molecular complexity index is 1670. The van der Waals surface area contributed by atoms with E-state index in [9.17, 15) is 19.7 Å². The van der Waals surface area contributed by atoms with Crippen LogP contribution in [0.2, 0.25) is 0 Å². The van der Waals surface area contributed by atoms with E-state index in [-0.39, 0.29) is 23.3 Å². The van der Waals surface area contributed by atoms with Crippen LogP contribution in [-0.4, -0.2) is 33.3 Å². The van der Waals surface area contributed by atoms with E-state index in [4.69, 9.17) is 0 Å². The van der Waals surface area contributed by atoms with Gasteiger partial charge in [-0.2, -0.15) is 5.10 Å². The van der Waals surface area contributed by atoms with Gasteiger partial charge in [0.05, 0.1) is 22.5 Å². The Kier molecular flexibility index (Phi) is 8.89. The summed E-state index contributed by atoms with van der Waals surface area (Å²) in [6, 6.07) is 15.9. The topological polar surface area (TPSA) is 119 Å². The number of carbonyl (C=O) groups is 2. The average Bonchev–Trinajstić information content (AvgIpc) is 3.49. The molecule has 1 aliphatic carbocycles. The molecule has 216 valence electrons. The second kappa shape index (κ2) is 12.7. The van der Waals surface area contributed by atoms with Crippen molar-refractivity contribution < 1.29 is 14.5 Å². The van der Waals surface area contributed by atoms with Crippen molar-refractivity contribution in [1.82, 2.24) is 9.99 Å². The standard InChI is InChI=1S/C31H31N5O4S2/c1-19-8-10-23(11-9-19)33-30(38)29-26-6-4-5-7-27(26)42-31(29)35-20(2)16-22(21(35)3)17-32-34-28(37)18-41-25-14-12-24(13-15-25)36(39)40/h8-17H,4-7,18H2,1-3H3,(H,33,38)(H,34,37)/b32-17-. The Morgan fingerprint density at radius 3 is 2.50 bits per heavy atom. The lowest BCUT2D eigenvalue weighted by molar-refractivity contribution is -0.384. The van der Waals surface area contributed by atoms with Crippen molar-refractivity contribution in [2.24, 2.45) is 5.10 Å². The van der Waals surface area contributed by atoms with Crippen LogP contribution in [0.4, 0.5) is 11.4 Å². The molecule has 0 aliphatic heterocycles. The fraction of sp³-hybridized carbons (Fsp3) is 0.258. The van der Waals surface area contributed by atoms with Gasteiger partial charge in [0.25, 0.3) is 11.6 Å². The zero-order valence-electron chi connectivity index (χ0n) is 23.6. The van der Waals surface area contributed by atoms with Gasteiger partial charge >= 0.3 is 0 Å². The Labute approximate surface area is 252 Å². The molecule has 0 atom stereocenters. The van der Waals surface area contributed by atoms with Gasteiger partial charge in [0.1, 0.15) is 5.00 Å². The van der Waals surface area contributed by atoms with Gasteiger partial charge in [-0.3, -0.25) is 19.7 Å². The van der Waals surface area contributed by atoms with Crippen molar-refractivity contribution in [3.63, 3.8) is 0 Å². The van der Waals surface area contributed by atoms with Crippen LogP contribution in [0.15, 0.2) is 64.6 Å². The highest BCUT2D eigenvalue weighted by atomic mass is 32.2. The van der Waals surface area contributed by atoms with Gasteiger partial charge in [0.2, 0.25) is 5.91 Å². The summed E-state index contributed by atoms with van der Waals surface area (Å²) in [5.74, 6) is -0.271. The number of rotatable bonds is 9. The van der Waals surface area contributed by atoms with Crippen LogP contribution < -0.4 is 10.7 Å². The van der Waals surface area contributed by atoms with E-state index >= 15 is 0 Å². The van der Waals surface area contributed by atoms with E-state index < -0.39 is 4.92 Å². The van der Waals surface area contributed by atoms with Crippen LogP contribution in [0.1, 0.15) is 56.2 Å². The monoisotopic (exact) mass is 601 g/mol. The molecule has 11 heteroatoms. The second-order valence-electron chi connectivity index (χ2n) is 10.2. The zero-order valence-corrected chi connectivity index (χ0v) is 25.2. The molecule has 0 saturated carbocycles. The molecule has 0 fully saturated rings. The largest absolute Gasteiger partial charge is 0.322 e. The van der Waals surface area contributed by atoms with E-state index in [1.165, 1.54) is 28.8 Å². The molecule has 2 aromatic heterocycles. The number of benzene rings is 2. The van der Waals surface area contributed by atoms with E-state index in [0.717, 1.165) is 74.9 Å². The summed E-state index contributed by atoms with van der Waals surface area (Å²) in [5, 5.41) is 19.0. The second-order valence-corrected chi connectivity index (χ2v) is 12.3. The number of nitrogens with zero attached hydrogens (tertiary/aromatic N) is 3. The van der Waals surface area contributed by atoms with Crippen LogP contribution in [0.3, 0.4) is 0 Å². The number of non-ortho nitro benzene ring substituents is 1. The summed E-state index contributed by atoms with van der Waals surface area (Å²) in [6.07, 6.45) is 5.67. The molecule has 42 heavy (non-hydrogen) atoms. The maximum absolute atomic E-state index is 13.7. The van der Waals surface area contributed by atoms with Gasteiger partial charge < -0.3 is 9.88 Å². The third-order valence-electron chi connectivity index (χ3n) is 7.17. The number of carbonyl (C=O) groups excluding carboxylic acids is 2. The first kappa shape index (κ1) is 29.3. The molecule has 0 radical (unpaired) electrons. The number of aryl methyl sites for hydroxylation is 3. The van der Waals surface area contributed by atoms with Gasteiger partial charge in [-0.25, -0.2) is 5.43 Å². The minimum Gasteiger partial charge on any atom is -0.322 e. The Balaban J connectivity index is 1.32. The van der Waals surface area contributed by atoms with Crippen LogP contribution in [0.5, 0.6) is 0 Å². The van der Waals surface area contributed by atoms with Crippen LogP contribution in [0.25, 0.3) is 5.00 Å². The minimum atomic E-state index is -0.458. The molecule has 5 rings (SSSR count). The average molecular weight is 602 g/mol. The van der Waals surface area contributed by atoms with Gasteiger partial charge in [-0.1, -0.05) is 17.7 Å². The first-order chi connectivity index (χ1) is 20.2. The normalized spacial score (nSPS) is 12.7. The Morgan fingerprint density at radius 2 is 1.79 bits per heavy atom. The summed E-state index contributed by atoms with van der Waals surface area (Å²) in [6.45, 7) is 6.01. The van der Waals surface area contributed by atoms with Gasteiger partial charge in [0.15, 0.2) is 0 Å². The van der Waals surface area contributed by atoms with E-state index in [2.05, 4.69) is 20.4 Å². The van der Waals surface area contributed by atoms with Crippen molar-refractivity contribution in [2.75, 3.05) is 11.1 Å². The molecule has 0 bridgehead atoms. The first-order valence-electron chi connectivity index (χ1n) is 13.6. The number of amides is 2. The molecule has 2 aromatic carbocycles. The highest BCUT2D eigenvalue weighted by Gasteiger charge is 2.28. The molecule has 0 unspecified atom stereocenters. The molecule has 4 aromatic rings. The molecule has 2 N–H and O–H groups in total. The van der Waals surface area contributed by atoms with Crippen molar-refractivity contribution >= 4 is 52.5 Å². The first-order valence-corrected chi connectivity index (χ1v) is 15.4. The molecular weight excluding hydrogens is 571 g/mol. The third-order valence-corrected chi connectivity index (χ3v) is 9.46. The van der Waals surface area contributed by atoms with Gasteiger partial charge in [-0.15, -0.1) is 23.1 Å². The predicted octanol–water partition coefficient (Wildman–Crippen LogP) is 6.75. The van der Waals surface area contributed by atoms with Crippen molar-refractivity contribution in [2.45, 2.75) is 51.3 Å². The highest BCUT2D eigenvalue weighted by molar-refractivity contribution is 8.00. The van der Waals surface area contributed by atoms with E-state index in [0.29, 0.717) is 0 Å². The number of hydrazone groups is 1. The summed E-state index contributed by atoms with van der Waals surface area (Å²) in [7, 11) is 0. The number of hydrogen-bond acceptors (Lipinski definition) is 7. The highest BCUT2D eigenvalue weighted by Crippen LogP contribution is 2.39. The van der Waals surface area contributed by atoms with E-state index in [1.807, 2.05) is 51.1 Å². The van der Waals surface area contributed by atoms with Gasteiger partial charge in [-0.05, 0) is 82.3 Å². The van der Waals surface area contributed by atoms with Crippen LogP contribution in [0, 0.1) is 30.9 Å². The summed E-state index contributed by atoms with van der Waals surface area (Å²) >= 11 is 2.95. The summed E-state index contributed by atoms with van der Waals surface area (Å²) in [5.41, 5.74) is 9.08. The van der Waals surface area contributed by atoms with Crippen LogP contribution >= 0.6 is 23.1 Å². The molecule has 2 amide bonds. The Morgan fingerprint density at radius 1 is 1.07 bits per heavy atom. The lowest BCUT2D eigenvalue weighted by Crippen LogP contribution is -2.19. The third kappa shape index (κ3) is 6.47. The van der Waals surface area contributed by atoms with Crippen molar-refractivity contribution in [1.29, 1.82) is 0 Å². The zero-order chi connectivity index (χ0) is 29.8. The lowest BCUT2D eigenvalue weighted by atomic mass is 9.95. The van der Waals surface area contributed by atoms with E-state index in [1.54, 1.807) is 29.7 Å². The molecule has 0 saturated heterocycles. The number of nitro benzene ring substituents is 1. The SMILES string of the molecule is Cc1ccc(NC(=O)c2c(-n3c(C)cc(/C=N\NC(=O)CSc4ccc([N+](=O)[O-])cc4)c3C)sc3c2CCCC3)cc1. The number of aromatic nitrogens is 1. The fourth-order valence-corrected chi connectivity index (χ4v) is 7.21. The molecule has 1 aliphatic rings. The number of thiophene rings is 1. The quantitative estimate of drug-likeness (QED) is 0.0953. The van der Waals surface area contributed by atoms with Crippen molar-refractivity contribution in [3.05, 3.63) is 103 Å². The smallest absolute Gasteiger partial charge is 0.269 e. The maximum Gasteiger partial charge on any atom is 0.269 e. The number of nitrogens with one attached hydrogen (secondary N) is 2. The fourth-order valence-electron chi connectivity index (χ4n) is 5.02. The molecule has 2 heterocycles. The van der Waals surface area contributed by atoms with Crippen LogP contribution in [-0.2, 0) is 17.6 Å². The number of anilines is 1. The number of hydrogen-bond donors (Lipinski definition) is 2. The van der Waals surface area contributed by atoms with Crippen molar-refractivity contribution in [3.8, 4) is 5.00 Å². The minimum absolute atomic E-state index is 0.00716. The number of fused-ring (bicyclic) bond motifs is 1. The molecule has 0 spiro atoms. The summed E-state index contributed by atoms with van der Waals surface area (Å²) < 4.78 is 2.11.